The minimum Gasteiger partial charge on any atom is -0.324 e. The molecule has 4 rings (SSSR count). The summed E-state index contributed by atoms with van der Waals surface area (Å²) in [4.78, 5) is 40.0. The first-order valence-electron chi connectivity index (χ1n) is 9.61. The van der Waals surface area contributed by atoms with Crippen molar-refractivity contribution < 1.29 is 14.4 Å². The van der Waals surface area contributed by atoms with Crippen molar-refractivity contribution in [2.45, 2.75) is 26.3 Å². The fourth-order valence-corrected chi connectivity index (χ4v) is 3.97. The van der Waals surface area contributed by atoms with Gasteiger partial charge >= 0.3 is 0 Å². The van der Waals surface area contributed by atoms with E-state index in [0.717, 1.165) is 16.2 Å². The van der Waals surface area contributed by atoms with E-state index in [-0.39, 0.29) is 11.8 Å². The number of rotatable bonds is 6. The minimum atomic E-state index is -0.889. The molecule has 1 atom stereocenters. The van der Waals surface area contributed by atoms with E-state index in [4.69, 9.17) is 0 Å². The van der Waals surface area contributed by atoms with Gasteiger partial charge in [0.15, 0.2) is 0 Å². The molecule has 1 N–H and O–H groups in total. The highest BCUT2D eigenvalue weighted by Gasteiger charge is 2.42. The van der Waals surface area contributed by atoms with E-state index < -0.39 is 17.9 Å². The summed E-state index contributed by atoms with van der Waals surface area (Å²) in [6.45, 7) is 3.91. The topological polar surface area (TPSA) is 92.3 Å². The zero-order chi connectivity index (χ0) is 21.3. The predicted octanol–water partition coefficient (Wildman–Crippen LogP) is 3.85. The third-order valence-electron chi connectivity index (χ3n) is 4.94. The second-order valence-electron chi connectivity index (χ2n) is 7.53. The predicted molar refractivity (Wildman–Crippen MR) is 114 cm³/mol. The van der Waals surface area contributed by atoms with E-state index >= 15 is 0 Å². The van der Waals surface area contributed by atoms with Crippen molar-refractivity contribution >= 4 is 34.9 Å². The van der Waals surface area contributed by atoms with Crippen LogP contribution in [0.5, 0.6) is 0 Å². The summed E-state index contributed by atoms with van der Waals surface area (Å²) < 4.78 is 3.85. The van der Waals surface area contributed by atoms with Gasteiger partial charge in [-0.25, -0.2) is 0 Å². The number of nitrogens with one attached hydrogen (secondary N) is 1. The van der Waals surface area contributed by atoms with Crippen LogP contribution in [-0.4, -0.2) is 38.3 Å². The van der Waals surface area contributed by atoms with Crippen LogP contribution in [0.1, 0.15) is 41.0 Å². The Morgan fingerprint density at radius 1 is 1.03 bits per heavy atom. The molecule has 2 heterocycles. The lowest BCUT2D eigenvalue weighted by Gasteiger charge is -2.26. The van der Waals surface area contributed by atoms with E-state index in [2.05, 4.69) is 14.9 Å². The summed E-state index contributed by atoms with van der Waals surface area (Å²) in [6, 6.07) is 13.0. The lowest BCUT2D eigenvalue weighted by Crippen LogP contribution is -2.47. The van der Waals surface area contributed by atoms with Crippen molar-refractivity contribution in [1.29, 1.82) is 0 Å². The normalized spacial score (nSPS) is 14.2. The maximum atomic E-state index is 13.1. The van der Waals surface area contributed by atoms with Crippen LogP contribution in [0.3, 0.4) is 0 Å². The number of amides is 3. The highest BCUT2D eigenvalue weighted by atomic mass is 32.1. The Morgan fingerprint density at radius 2 is 1.67 bits per heavy atom. The zero-order valence-corrected chi connectivity index (χ0v) is 17.3. The van der Waals surface area contributed by atoms with Crippen LogP contribution in [0.25, 0.3) is 11.3 Å². The van der Waals surface area contributed by atoms with Gasteiger partial charge < -0.3 is 5.32 Å². The third kappa shape index (κ3) is 3.73. The van der Waals surface area contributed by atoms with Crippen LogP contribution in [0, 0.1) is 5.92 Å². The minimum absolute atomic E-state index is 0.115. The Labute approximate surface area is 177 Å². The molecule has 152 valence electrons. The Bertz CT molecular complexity index is 1060. The fourth-order valence-electron chi connectivity index (χ4n) is 3.51. The van der Waals surface area contributed by atoms with Crippen LogP contribution in [-0.2, 0) is 4.79 Å². The molecule has 3 amide bonds. The highest BCUT2D eigenvalue weighted by molar-refractivity contribution is 7.03. The molecular formula is C22H20N4O3S. The van der Waals surface area contributed by atoms with Gasteiger partial charge in [-0.05, 0) is 48.1 Å². The van der Waals surface area contributed by atoms with E-state index in [0.29, 0.717) is 23.2 Å². The Balaban J connectivity index is 1.56. The van der Waals surface area contributed by atoms with E-state index in [1.807, 2.05) is 31.4 Å². The smallest absolute Gasteiger partial charge is 0.262 e. The van der Waals surface area contributed by atoms with Gasteiger partial charge in [-0.1, -0.05) is 42.6 Å². The summed E-state index contributed by atoms with van der Waals surface area (Å²) in [5.41, 5.74) is 2.91. The molecule has 1 aromatic heterocycles. The van der Waals surface area contributed by atoms with Crippen LogP contribution >= 0.6 is 11.5 Å². The SMILES string of the molecule is CC(C)CC(C(=O)Nc1ccc(-c2csnn2)cc1)N1C(=O)c2ccccc2C1=O. The van der Waals surface area contributed by atoms with Gasteiger partial charge in [-0.15, -0.1) is 5.10 Å². The molecule has 0 spiro atoms. The molecule has 1 aliphatic heterocycles. The Hall–Kier alpha value is -3.39. The number of fused-ring (bicyclic) bond motifs is 1. The molecule has 0 fully saturated rings. The maximum absolute atomic E-state index is 13.1. The van der Waals surface area contributed by atoms with Crippen molar-refractivity contribution in [3.8, 4) is 11.3 Å². The average Bonchev–Trinajstić information content (AvgIpc) is 3.35. The third-order valence-corrected chi connectivity index (χ3v) is 5.45. The number of aromatic nitrogens is 2. The largest absolute Gasteiger partial charge is 0.324 e. The van der Waals surface area contributed by atoms with Crippen LogP contribution in [0.4, 0.5) is 5.69 Å². The van der Waals surface area contributed by atoms with Crippen molar-refractivity contribution in [1.82, 2.24) is 14.5 Å². The molecular weight excluding hydrogens is 400 g/mol. The van der Waals surface area contributed by atoms with Gasteiger partial charge in [0, 0.05) is 16.6 Å². The molecule has 1 aliphatic rings. The molecule has 0 aliphatic carbocycles. The quantitative estimate of drug-likeness (QED) is 0.612. The van der Waals surface area contributed by atoms with Crippen LogP contribution < -0.4 is 5.32 Å². The molecule has 30 heavy (non-hydrogen) atoms. The zero-order valence-electron chi connectivity index (χ0n) is 16.5. The van der Waals surface area contributed by atoms with Crippen molar-refractivity contribution in [3.63, 3.8) is 0 Å². The average molecular weight is 420 g/mol. The summed E-state index contributed by atoms with van der Waals surface area (Å²) in [7, 11) is 0. The molecule has 1 unspecified atom stereocenters. The van der Waals surface area contributed by atoms with E-state index in [1.54, 1.807) is 36.4 Å². The number of hydrogen-bond donors (Lipinski definition) is 1. The first kappa shape index (κ1) is 19.9. The first-order valence-corrected chi connectivity index (χ1v) is 10.4. The Kier molecular flexibility index (Phi) is 5.41. The van der Waals surface area contributed by atoms with Gasteiger partial charge in [-0.2, -0.15) is 0 Å². The number of benzene rings is 2. The molecule has 7 nitrogen and oxygen atoms in total. The maximum Gasteiger partial charge on any atom is 0.262 e. The number of imide groups is 1. The fraction of sp³-hybridized carbons (Fsp3) is 0.227. The first-order chi connectivity index (χ1) is 14.5. The highest BCUT2D eigenvalue weighted by Crippen LogP contribution is 2.28. The molecule has 0 saturated heterocycles. The molecule has 3 aromatic rings. The van der Waals surface area contributed by atoms with Gasteiger partial charge in [-0.3, -0.25) is 19.3 Å². The standard InChI is InChI=1S/C22H20N4O3S/c1-13(2)11-19(26-21(28)16-5-3-4-6-17(16)22(26)29)20(27)23-15-9-7-14(8-10-15)18-12-30-25-24-18/h3-10,12-13,19H,11H2,1-2H3,(H,23,27). The summed E-state index contributed by atoms with van der Waals surface area (Å²) in [5.74, 6) is -1.13. The van der Waals surface area contributed by atoms with Gasteiger partial charge in [0.1, 0.15) is 11.7 Å². The number of anilines is 1. The van der Waals surface area contributed by atoms with Crippen LogP contribution in [0.2, 0.25) is 0 Å². The number of hydrogen-bond acceptors (Lipinski definition) is 6. The van der Waals surface area contributed by atoms with E-state index in [9.17, 15) is 14.4 Å². The number of nitrogens with zero attached hydrogens (tertiary/aromatic N) is 3. The van der Waals surface area contributed by atoms with Gasteiger partial charge in [0.2, 0.25) is 5.91 Å². The van der Waals surface area contributed by atoms with Crippen molar-refractivity contribution in [2.75, 3.05) is 5.32 Å². The summed E-state index contributed by atoms with van der Waals surface area (Å²) >= 11 is 1.27. The molecule has 0 radical (unpaired) electrons. The summed E-state index contributed by atoms with van der Waals surface area (Å²) in [6.07, 6.45) is 0.375. The Morgan fingerprint density at radius 3 is 2.20 bits per heavy atom. The molecule has 2 aromatic carbocycles. The van der Waals surface area contributed by atoms with Gasteiger partial charge in [0.25, 0.3) is 11.8 Å². The lowest BCUT2D eigenvalue weighted by molar-refractivity contribution is -0.120. The second kappa shape index (κ2) is 8.16. The number of carbonyl (C=O) groups is 3. The van der Waals surface area contributed by atoms with Crippen molar-refractivity contribution in [3.05, 3.63) is 65.0 Å². The summed E-state index contributed by atoms with van der Waals surface area (Å²) in [5, 5.41) is 8.71. The van der Waals surface area contributed by atoms with Crippen LogP contribution in [0.15, 0.2) is 53.9 Å². The van der Waals surface area contributed by atoms with E-state index in [1.165, 1.54) is 11.5 Å². The molecule has 0 bridgehead atoms. The lowest BCUT2D eigenvalue weighted by atomic mass is 10.0. The molecule has 0 saturated carbocycles. The molecule has 8 heteroatoms. The van der Waals surface area contributed by atoms with Gasteiger partial charge in [0.05, 0.1) is 11.1 Å². The van der Waals surface area contributed by atoms with Crippen molar-refractivity contribution in [2.24, 2.45) is 5.92 Å². The second-order valence-corrected chi connectivity index (χ2v) is 8.14. The number of carbonyl (C=O) groups excluding carboxylic acids is 3. The monoisotopic (exact) mass is 420 g/mol.